The number of methoxy groups -OCH3 is 1. The van der Waals surface area contributed by atoms with Gasteiger partial charge in [0.25, 0.3) is 0 Å². The maximum Gasteiger partial charge on any atom is 0.0665 e. The summed E-state index contributed by atoms with van der Waals surface area (Å²) < 4.78 is 5.55. The van der Waals surface area contributed by atoms with Crippen molar-refractivity contribution in [2.75, 3.05) is 14.2 Å². The first-order valence-electron chi connectivity index (χ1n) is 5.19. The van der Waals surface area contributed by atoms with Gasteiger partial charge in [0.15, 0.2) is 0 Å². The number of hydrogen-bond donors (Lipinski definition) is 1. The quantitative estimate of drug-likeness (QED) is 0.690. The van der Waals surface area contributed by atoms with Crippen LogP contribution in [0, 0.1) is 0 Å². The normalized spacial score (nSPS) is 20.8. The number of hydrogen-bond acceptors (Lipinski definition) is 2. The van der Waals surface area contributed by atoms with E-state index in [0.29, 0.717) is 0 Å². The van der Waals surface area contributed by atoms with Gasteiger partial charge in [-0.2, -0.15) is 0 Å². The molecule has 0 saturated heterocycles. The molecule has 0 heterocycles. The monoisotopic (exact) mass is 187 g/mol. The number of nitrogens with one attached hydrogen (secondary N) is 1. The Labute approximate surface area is 83.1 Å². The maximum atomic E-state index is 5.55. The van der Waals surface area contributed by atoms with Crippen molar-refractivity contribution in [1.29, 1.82) is 0 Å². The van der Waals surface area contributed by atoms with Gasteiger partial charge in [-0.1, -0.05) is 13.8 Å². The van der Waals surface area contributed by atoms with E-state index in [-0.39, 0.29) is 11.1 Å². The molecule has 80 valence electrons. The van der Waals surface area contributed by atoms with E-state index in [9.17, 15) is 0 Å². The number of rotatable bonds is 6. The van der Waals surface area contributed by atoms with Crippen LogP contribution in [0.1, 0.15) is 47.0 Å². The summed E-state index contributed by atoms with van der Waals surface area (Å²) in [5.74, 6) is 0. The van der Waals surface area contributed by atoms with Crippen LogP contribution < -0.4 is 5.32 Å². The Bertz CT molecular complexity index is 121. The molecule has 0 saturated carbocycles. The Hall–Kier alpha value is -0.0800. The van der Waals surface area contributed by atoms with Crippen LogP contribution in [0.3, 0.4) is 0 Å². The van der Waals surface area contributed by atoms with Crippen LogP contribution in [0.5, 0.6) is 0 Å². The molecule has 2 nitrogen and oxygen atoms in total. The van der Waals surface area contributed by atoms with E-state index in [0.717, 1.165) is 19.3 Å². The Balaban J connectivity index is 4.36. The molecule has 0 amide bonds. The third kappa shape index (κ3) is 3.65. The summed E-state index contributed by atoms with van der Waals surface area (Å²) in [6.45, 7) is 8.82. The van der Waals surface area contributed by atoms with Crippen molar-refractivity contribution < 1.29 is 4.74 Å². The first-order valence-corrected chi connectivity index (χ1v) is 5.19. The van der Waals surface area contributed by atoms with Crippen LogP contribution in [-0.4, -0.2) is 25.3 Å². The summed E-state index contributed by atoms with van der Waals surface area (Å²) in [5, 5.41) is 3.37. The zero-order valence-electron chi connectivity index (χ0n) is 10.0. The SMILES string of the molecule is CCC(C)(C[C@@](C)(CC)NC)OC. The lowest BCUT2D eigenvalue weighted by Gasteiger charge is -2.37. The standard InChI is InChI=1S/C11H25NO/c1-7-10(3,12-5)9-11(4,8-2)13-6/h12H,7-9H2,1-6H3/t10-,11?/m1/s1. The van der Waals surface area contributed by atoms with Gasteiger partial charge >= 0.3 is 0 Å². The lowest BCUT2D eigenvalue weighted by Crippen LogP contribution is -2.46. The molecule has 0 radical (unpaired) electrons. The third-order valence-corrected chi connectivity index (χ3v) is 3.39. The molecule has 1 unspecified atom stereocenters. The van der Waals surface area contributed by atoms with E-state index in [1.807, 2.05) is 7.05 Å². The van der Waals surface area contributed by atoms with Crippen molar-refractivity contribution in [3.8, 4) is 0 Å². The van der Waals surface area contributed by atoms with Gasteiger partial charge in [0.2, 0.25) is 0 Å². The molecular formula is C11H25NO. The first-order chi connectivity index (χ1) is 5.95. The van der Waals surface area contributed by atoms with Gasteiger partial charge in [-0.25, -0.2) is 0 Å². The van der Waals surface area contributed by atoms with Crippen molar-refractivity contribution in [1.82, 2.24) is 5.32 Å². The van der Waals surface area contributed by atoms with Crippen LogP contribution >= 0.6 is 0 Å². The van der Waals surface area contributed by atoms with E-state index in [2.05, 4.69) is 33.0 Å². The van der Waals surface area contributed by atoms with Gasteiger partial charge in [0, 0.05) is 12.6 Å². The van der Waals surface area contributed by atoms with Crippen LogP contribution in [0.4, 0.5) is 0 Å². The zero-order valence-corrected chi connectivity index (χ0v) is 10.0. The fraction of sp³-hybridized carbons (Fsp3) is 1.00. The smallest absolute Gasteiger partial charge is 0.0665 e. The highest BCUT2D eigenvalue weighted by Gasteiger charge is 2.31. The lowest BCUT2D eigenvalue weighted by molar-refractivity contribution is -0.0242. The summed E-state index contributed by atoms with van der Waals surface area (Å²) >= 11 is 0. The highest BCUT2D eigenvalue weighted by Crippen LogP contribution is 2.28. The summed E-state index contributed by atoms with van der Waals surface area (Å²) in [7, 11) is 3.82. The van der Waals surface area contributed by atoms with E-state index in [1.54, 1.807) is 7.11 Å². The van der Waals surface area contributed by atoms with Crippen molar-refractivity contribution >= 4 is 0 Å². The van der Waals surface area contributed by atoms with E-state index in [4.69, 9.17) is 4.74 Å². The molecule has 0 aromatic heterocycles. The molecule has 0 aliphatic carbocycles. The van der Waals surface area contributed by atoms with Crippen LogP contribution in [-0.2, 0) is 4.74 Å². The van der Waals surface area contributed by atoms with Gasteiger partial charge in [-0.05, 0) is 40.2 Å². The second kappa shape index (κ2) is 4.97. The molecule has 0 aliphatic rings. The molecule has 0 spiro atoms. The zero-order chi connectivity index (χ0) is 10.5. The highest BCUT2D eigenvalue weighted by molar-refractivity contribution is 4.89. The molecule has 2 heteroatoms. The van der Waals surface area contributed by atoms with Gasteiger partial charge in [0.1, 0.15) is 0 Å². The van der Waals surface area contributed by atoms with Crippen LogP contribution in [0.15, 0.2) is 0 Å². The summed E-state index contributed by atoms with van der Waals surface area (Å²) in [4.78, 5) is 0. The minimum Gasteiger partial charge on any atom is -0.378 e. The molecule has 0 fully saturated rings. The topological polar surface area (TPSA) is 21.3 Å². The van der Waals surface area contributed by atoms with Crippen molar-refractivity contribution in [3.05, 3.63) is 0 Å². The van der Waals surface area contributed by atoms with Gasteiger partial charge in [-0.15, -0.1) is 0 Å². The highest BCUT2D eigenvalue weighted by atomic mass is 16.5. The third-order valence-electron chi connectivity index (χ3n) is 3.39. The second-order valence-corrected chi connectivity index (χ2v) is 4.35. The Morgan fingerprint density at radius 2 is 1.69 bits per heavy atom. The molecule has 13 heavy (non-hydrogen) atoms. The molecule has 0 aliphatic heterocycles. The first kappa shape index (κ1) is 12.9. The number of ether oxygens (including phenoxy) is 1. The minimum absolute atomic E-state index is 0.00771. The minimum atomic E-state index is 0.00771. The van der Waals surface area contributed by atoms with E-state index >= 15 is 0 Å². The molecule has 1 N–H and O–H groups in total. The molecule has 0 bridgehead atoms. The average molecular weight is 187 g/mol. The molecule has 0 aromatic rings. The van der Waals surface area contributed by atoms with Crippen LogP contribution in [0.25, 0.3) is 0 Å². The predicted molar refractivity (Wildman–Crippen MR) is 58.1 cm³/mol. The predicted octanol–water partition coefficient (Wildman–Crippen LogP) is 2.58. The Morgan fingerprint density at radius 1 is 1.15 bits per heavy atom. The summed E-state index contributed by atoms with van der Waals surface area (Å²) in [5.41, 5.74) is 0.203. The Morgan fingerprint density at radius 3 is 1.92 bits per heavy atom. The van der Waals surface area contributed by atoms with Crippen LogP contribution in [0.2, 0.25) is 0 Å². The summed E-state index contributed by atoms with van der Waals surface area (Å²) in [6, 6.07) is 0. The van der Waals surface area contributed by atoms with Crippen molar-refractivity contribution in [2.24, 2.45) is 0 Å². The van der Waals surface area contributed by atoms with Crippen molar-refractivity contribution in [2.45, 2.75) is 58.1 Å². The maximum absolute atomic E-state index is 5.55. The fourth-order valence-electron chi connectivity index (χ4n) is 1.56. The van der Waals surface area contributed by atoms with Crippen molar-refractivity contribution in [3.63, 3.8) is 0 Å². The Kier molecular flexibility index (Phi) is 4.93. The van der Waals surface area contributed by atoms with E-state index in [1.165, 1.54) is 0 Å². The lowest BCUT2D eigenvalue weighted by atomic mass is 9.83. The molecule has 0 aromatic carbocycles. The molecule has 2 atom stereocenters. The van der Waals surface area contributed by atoms with Gasteiger partial charge in [0.05, 0.1) is 5.60 Å². The molecular weight excluding hydrogens is 162 g/mol. The van der Waals surface area contributed by atoms with Gasteiger partial charge < -0.3 is 10.1 Å². The second-order valence-electron chi connectivity index (χ2n) is 4.35. The summed E-state index contributed by atoms with van der Waals surface area (Å²) in [6.07, 6.45) is 3.24. The van der Waals surface area contributed by atoms with Gasteiger partial charge in [-0.3, -0.25) is 0 Å². The van der Waals surface area contributed by atoms with E-state index < -0.39 is 0 Å². The fourth-order valence-corrected chi connectivity index (χ4v) is 1.56. The molecule has 0 rings (SSSR count). The average Bonchev–Trinajstić information content (AvgIpc) is 2.17. The largest absolute Gasteiger partial charge is 0.378 e.